The molecule has 0 aliphatic carbocycles. The summed E-state index contributed by atoms with van der Waals surface area (Å²) in [5, 5.41) is 13.1. The molecule has 1 heterocycles. The summed E-state index contributed by atoms with van der Waals surface area (Å²) in [5.74, 6) is -2.24. The highest BCUT2D eigenvalue weighted by Gasteiger charge is 2.38. The van der Waals surface area contributed by atoms with Gasteiger partial charge >= 0.3 is 0 Å². The molecule has 9 heteroatoms. The van der Waals surface area contributed by atoms with Crippen molar-refractivity contribution in [2.45, 2.75) is 0 Å². The Kier molecular flexibility index (Phi) is 4.81. The van der Waals surface area contributed by atoms with Crippen LogP contribution in [0.3, 0.4) is 0 Å². The second-order valence-corrected chi connectivity index (χ2v) is 5.72. The first-order chi connectivity index (χ1) is 12.5. The fourth-order valence-electron chi connectivity index (χ4n) is 2.36. The number of nitro groups is 1. The molecule has 130 valence electrons. The highest BCUT2D eigenvalue weighted by Crippen LogP contribution is 2.21. The van der Waals surface area contributed by atoms with E-state index in [0.717, 1.165) is 0 Å². The third-order valence-electron chi connectivity index (χ3n) is 3.65. The van der Waals surface area contributed by atoms with Crippen molar-refractivity contribution in [3.63, 3.8) is 0 Å². The summed E-state index contributed by atoms with van der Waals surface area (Å²) in [6, 6.07) is 14.1. The molecular formula is C17H12N4O4S. The van der Waals surface area contributed by atoms with Crippen LogP contribution in [-0.2, 0) is 9.59 Å². The van der Waals surface area contributed by atoms with E-state index in [1.807, 2.05) is 0 Å². The van der Waals surface area contributed by atoms with E-state index < -0.39 is 22.7 Å². The van der Waals surface area contributed by atoms with Crippen LogP contribution in [0.5, 0.6) is 0 Å². The number of thiocarbonyl (C=S) groups is 1. The molecule has 0 radical (unpaired) electrons. The van der Waals surface area contributed by atoms with Crippen LogP contribution in [0.2, 0.25) is 0 Å². The van der Waals surface area contributed by atoms with E-state index in [1.54, 1.807) is 30.3 Å². The average molecular weight is 368 g/mol. The Balaban J connectivity index is 1.84. The van der Waals surface area contributed by atoms with Gasteiger partial charge in [-0.25, -0.2) is 0 Å². The molecule has 2 amide bonds. The van der Waals surface area contributed by atoms with Crippen LogP contribution >= 0.6 is 12.2 Å². The molecular weight excluding hydrogens is 356 g/mol. The Morgan fingerprint density at radius 3 is 2.38 bits per heavy atom. The molecule has 0 saturated carbocycles. The van der Waals surface area contributed by atoms with E-state index in [-0.39, 0.29) is 10.8 Å². The number of aliphatic imine (C=N–C) groups is 1. The normalized spacial score (nSPS) is 17.5. The number of anilines is 1. The van der Waals surface area contributed by atoms with Crippen LogP contribution in [0.1, 0.15) is 0 Å². The number of non-ortho nitro benzene ring substituents is 1. The number of hydrogen-bond donors (Lipinski definition) is 1. The molecule has 2 aromatic rings. The maximum absolute atomic E-state index is 12.7. The van der Waals surface area contributed by atoms with Crippen molar-refractivity contribution in [2.75, 3.05) is 4.90 Å². The molecule has 0 unspecified atom stereocenters. The summed E-state index contributed by atoms with van der Waals surface area (Å²) in [7, 11) is 0. The molecule has 1 aliphatic rings. The van der Waals surface area contributed by atoms with E-state index in [0.29, 0.717) is 11.4 Å². The molecule has 0 spiro atoms. The summed E-state index contributed by atoms with van der Waals surface area (Å²) in [6.07, 6.45) is 1.20. The predicted molar refractivity (Wildman–Crippen MR) is 99.4 cm³/mol. The number of amides is 2. The second-order valence-electron chi connectivity index (χ2n) is 5.33. The largest absolute Gasteiger partial charge is 0.301 e. The van der Waals surface area contributed by atoms with Gasteiger partial charge in [-0.2, -0.15) is 0 Å². The van der Waals surface area contributed by atoms with Gasteiger partial charge in [-0.05, 0) is 36.5 Å². The molecule has 26 heavy (non-hydrogen) atoms. The highest BCUT2D eigenvalue weighted by molar-refractivity contribution is 7.80. The van der Waals surface area contributed by atoms with Gasteiger partial charge in [0.1, 0.15) is 0 Å². The smallest absolute Gasteiger partial charge is 0.269 e. The summed E-state index contributed by atoms with van der Waals surface area (Å²) in [5.41, 5.74) is 0.850. The Labute approximate surface area is 153 Å². The first-order valence-corrected chi connectivity index (χ1v) is 7.90. The molecule has 2 aromatic carbocycles. The van der Waals surface area contributed by atoms with Gasteiger partial charge in [0.25, 0.3) is 11.6 Å². The molecule has 0 bridgehead atoms. The first-order valence-electron chi connectivity index (χ1n) is 7.50. The number of nitrogens with zero attached hydrogens (tertiary/aromatic N) is 3. The van der Waals surface area contributed by atoms with Crippen LogP contribution in [0, 0.1) is 16.0 Å². The molecule has 3 rings (SSSR count). The minimum absolute atomic E-state index is 0.00573. The van der Waals surface area contributed by atoms with E-state index >= 15 is 0 Å². The zero-order valence-corrected chi connectivity index (χ0v) is 14.1. The lowest BCUT2D eigenvalue weighted by atomic mass is 10.1. The topological polar surface area (TPSA) is 105 Å². The van der Waals surface area contributed by atoms with E-state index in [2.05, 4.69) is 10.3 Å². The fraction of sp³-hybridized carbons (Fsp3) is 0.0588. The van der Waals surface area contributed by atoms with Gasteiger partial charge in [0.2, 0.25) is 5.91 Å². The third kappa shape index (κ3) is 3.47. The quantitative estimate of drug-likeness (QED) is 0.293. The van der Waals surface area contributed by atoms with Crippen LogP contribution in [0.15, 0.2) is 59.6 Å². The van der Waals surface area contributed by atoms with Crippen molar-refractivity contribution >= 4 is 52.4 Å². The van der Waals surface area contributed by atoms with Crippen molar-refractivity contribution in [1.29, 1.82) is 0 Å². The van der Waals surface area contributed by atoms with E-state index in [9.17, 15) is 19.7 Å². The first kappa shape index (κ1) is 17.4. The van der Waals surface area contributed by atoms with Crippen molar-refractivity contribution in [3.05, 3.63) is 64.7 Å². The molecule has 1 N–H and O–H groups in total. The number of nitro benzene ring substituents is 1. The van der Waals surface area contributed by atoms with Crippen molar-refractivity contribution in [3.8, 4) is 0 Å². The number of rotatable bonds is 4. The predicted octanol–water partition coefficient (Wildman–Crippen LogP) is 2.36. The molecule has 1 fully saturated rings. The number of hydrogen-bond acceptors (Lipinski definition) is 6. The summed E-state index contributed by atoms with van der Waals surface area (Å²) in [4.78, 5) is 40.3. The average Bonchev–Trinajstić information content (AvgIpc) is 2.62. The van der Waals surface area contributed by atoms with Gasteiger partial charge in [0.05, 0.1) is 16.3 Å². The number of carbonyl (C=O) groups excluding carboxylic acids is 2. The maximum atomic E-state index is 12.7. The number of benzene rings is 2. The Bertz CT molecular complexity index is 912. The SMILES string of the molecule is O=C1NC(=S)N(c2ccccc2)C(=O)[C@H]1C=Nc1ccc([N+](=O)[O-])cc1. The lowest BCUT2D eigenvalue weighted by Crippen LogP contribution is -2.58. The lowest BCUT2D eigenvalue weighted by molar-refractivity contribution is -0.384. The minimum atomic E-state index is -1.16. The van der Waals surface area contributed by atoms with Crippen LogP contribution < -0.4 is 10.2 Å². The van der Waals surface area contributed by atoms with Gasteiger partial charge in [0, 0.05) is 18.3 Å². The Morgan fingerprint density at radius 2 is 1.77 bits per heavy atom. The van der Waals surface area contributed by atoms with Crippen LogP contribution in [0.25, 0.3) is 0 Å². The van der Waals surface area contributed by atoms with Gasteiger partial charge in [-0.15, -0.1) is 0 Å². The summed E-state index contributed by atoms with van der Waals surface area (Å²) in [6.45, 7) is 0. The Hall–Kier alpha value is -3.46. The van der Waals surface area contributed by atoms with Crippen molar-refractivity contribution in [2.24, 2.45) is 10.9 Å². The van der Waals surface area contributed by atoms with Crippen LogP contribution in [-0.4, -0.2) is 28.1 Å². The fourth-order valence-corrected chi connectivity index (χ4v) is 2.66. The van der Waals surface area contributed by atoms with Crippen LogP contribution in [0.4, 0.5) is 17.1 Å². The summed E-state index contributed by atoms with van der Waals surface area (Å²) < 4.78 is 0. The minimum Gasteiger partial charge on any atom is -0.301 e. The van der Waals surface area contributed by atoms with Gasteiger partial charge < -0.3 is 5.32 Å². The Morgan fingerprint density at radius 1 is 1.12 bits per heavy atom. The molecule has 1 atom stereocenters. The van der Waals surface area contributed by atoms with Crippen molar-refractivity contribution < 1.29 is 14.5 Å². The van der Waals surface area contributed by atoms with Gasteiger partial charge in [-0.1, -0.05) is 18.2 Å². The zero-order chi connectivity index (χ0) is 18.7. The maximum Gasteiger partial charge on any atom is 0.269 e. The van der Waals surface area contributed by atoms with E-state index in [4.69, 9.17) is 12.2 Å². The monoisotopic (exact) mass is 368 g/mol. The number of carbonyl (C=O) groups is 2. The highest BCUT2D eigenvalue weighted by atomic mass is 32.1. The zero-order valence-electron chi connectivity index (χ0n) is 13.2. The lowest BCUT2D eigenvalue weighted by Gasteiger charge is -2.30. The molecule has 8 nitrogen and oxygen atoms in total. The summed E-state index contributed by atoms with van der Waals surface area (Å²) >= 11 is 5.10. The standard InChI is InChI=1S/C17H12N4O4S/c22-15-14(10-18-11-6-8-13(9-7-11)21(24)25)16(23)20(17(26)19-15)12-4-2-1-3-5-12/h1-10,14H,(H,19,22,26)/t14-/m0/s1. The molecule has 1 aliphatic heterocycles. The third-order valence-corrected chi connectivity index (χ3v) is 3.93. The van der Waals surface area contributed by atoms with Gasteiger partial charge in [-0.3, -0.25) is 29.6 Å². The van der Waals surface area contributed by atoms with Crippen molar-refractivity contribution in [1.82, 2.24) is 5.32 Å². The molecule has 1 saturated heterocycles. The molecule has 0 aromatic heterocycles. The number of para-hydroxylation sites is 1. The number of nitrogens with one attached hydrogen (secondary N) is 1. The second kappa shape index (κ2) is 7.19. The van der Waals surface area contributed by atoms with Gasteiger partial charge in [0.15, 0.2) is 11.0 Å². The van der Waals surface area contributed by atoms with E-state index in [1.165, 1.54) is 35.4 Å².